The highest BCUT2D eigenvalue weighted by molar-refractivity contribution is 7.92. The minimum Gasteiger partial charge on any atom is -0.497 e. The summed E-state index contributed by atoms with van der Waals surface area (Å²) in [6.07, 6.45) is 1.12. The van der Waals surface area contributed by atoms with E-state index in [0.29, 0.717) is 24.4 Å². The fourth-order valence-corrected chi connectivity index (χ4v) is 5.92. The smallest absolute Gasteiger partial charge is 0.264 e. The predicted molar refractivity (Wildman–Crippen MR) is 162 cm³/mol. The molecule has 8 nitrogen and oxygen atoms in total. The van der Waals surface area contributed by atoms with Gasteiger partial charge in [0.1, 0.15) is 18.3 Å². The van der Waals surface area contributed by atoms with Crippen molar-refractivity contribution >= 4 is 27.5 Å². The molecule has 41 heavy (non-hydrogen) atoms. The summed E-state index contributed by atoms with van der Waals surface area (Å²) in [6.45, 7) is 8.06. The molecule has 0 radical (unpaired) electrons. The molecule has 1 atom stereocenters. The lowest BCUT2D eigenvalue weighted by Crippen LogP contribution is -2.52. The summed E-state index contributed by atoms with van der Waals surface area (Å²) in [5.41, 5.74) is 2.22. The molecule has 3 aromatic carbocycles. The van der Waals surface area contributed by atoms with Crippen LogP contribution in [-0.4, -0.2) is 51.4 Å². The van der Waals surface area contributed by atoms with Crippen molar-refractivity contribution in [3.05, 3.63) is 90.0 Å². The van der Waals surface area contributed by atoms with E-state index in [1.165, 1.54) is 17.0 Å². The van der Waals surface area contributed by atoms with E-state index in [1.807, 2.05) is 38.1 Å². The van der Waals surface area contributed by atoms with E-state index in [9.17, 15) is 18.0 Å². The monoisotopic (exact) mass is 579 g/mol. The van der Waals surface area contributed by atoms with E-state index < -0.39 is 28.5 Å². The van der Waals surface area contributed by atoms with Crippen LogP contribution in [0, 0.1) is 0 Å². The Morgan fingerprint density at radius 2 is 1.54 bits per heavy atom. The van der Waals surface area contributed by atoms with Crippen LogP contribution in [0.15, 0.2) is 83.8 Å². The minimum absolute atomic E-state index is 0.0789. The first kappa shape index (κ1) is 31.7. The van der Waals surface area contributed by atoms with Crippen LogP contribution in [0.2, 0.25) is 0 Å². The largest absolute Gasteiger partial charge is 0.497 e. The van der Waals surface area contributed by atoms with Gasteiger partial charge in [0.2, 0.25) is 11.8 Å². The summed E-state index contributed by atoms with van der Waals surface area (Å²) >= 11 is 0. The molecule has 9 heteroatoms. The number of carbonyl (C=O) groups is 2. The fourth-order valence-electron chi connectivity index (χ4n) is 4.49. The summed E-state index contributed by atoms with van der Waals surface area (Å²) in [5.74, 6) is 0.183. The zero-order chi connectivity index (χ0) is 30.0. The number of sulfonamides is 1. The number of nitrogens with zero attached hydrogens (tertiary/aromatic N) is 2. The van der Waals surface area contributed by atoms with E-state index in [0.717, 1.165) is 21.9 Å². The Bertz CT molecular complexity index is 1380. The lowest BCUT2D eigenvalue weighted by Gasteiger charge is -2.33. The molecule has 1 N–H and O–H groups in total. The third-order valence-electron chi connectivity index (χ3n) is 6.90. The van der Waals surface area contributed by atoms with Crippen molar-refractivity contribution in [3.8, 4) is 5.75 Å². The summed E-state index contributed by atoms with van der Waals surface area (Å²) in [6, 6.07) is 21.7. The molecule has 2 amide bonds. The third kappa shape index (κ3) is 8.10. The van der Waals surface area contributed by atoms with Gasteiger partial charge < -0.3 is 15.0 Å². The maximum Gasteiger partial charge on any atom is 0.264 e. The van der Waals surface area contributed by atoms with Gasteiger partial charge in [-0.05, 0) is 66.3 Å². The fraction of sp³-hybridized carbons (Fsp3) is 0.375. The van der Waals surface area contributed by atoms with Gasteiger partial charge in [-0.3, -0.25) is 13.9 Å². The molecule has 0 aliphatic heterocycles. The Morgan fingerprint density at radius 1 is 0.902 bits per heavy atom. The van der Waals surface area contributed by atoms with Crippen molar-refractivity contribution in [1.29, 1.82) is 0 Å². The van der Waals surface area contributed by atoms with E-state index in [-0.39, 0.29) is 23.3 Å². The molecule has 0 bridgehead atoms. The van der Waals surface area contributed by atoms with Gasteiger partial charge in [0, 0.05) is 13.1 Å². The maximum absolute atomic E-state index is 14.1. The highest BCUT2D eigenvalue weighted by Crippen LogP contribution is 2.27. The molecule has 0 saturated heterocycles. The molecular weight excluding hydrogens is 538 g/mol. The highest BCUT2D eigenvalue weighted by atomic mass is 32.2. The number of hydrogen-bond donors (Lipinski definition) is 1. The Kier molecular flexibility index (Phi) is 11.3. The highest BCUT2D eigenvalue weighted by Gasteiger charge is 2.33. The average Bonchev–Trinajstić information content (AvgIpc) is 2.99. The van der Waals surface area contributed by atoms with Crippen LogP contribution >= 0.6 is 0 Å². The number of methoxy groups -OCH3 is 1. The molecular formula is C32H41N3O5S. The number of carbonyl (C=O) groups excluding carboxylic acids is 2. The molecule has 0 spiro atoms. The number of rotatable bonds is 14. The van der Waals surface area contributed by atoms with E-state index in [2.05, 4.69) is 19.2 Å². The quantitative estimate of drug-likeness (QED) is 0.278. The first-order valence-corrected chi connectivity index (χ1v) is 15.4. The molecule has 0 aliphatic carbocycles. The molecule has 0 heterocycles. The van der Waals surface area contributed by atoms with Crippen molar-refractivity contribution in [2.45, 2.75) is 63.9 Å². The molecule has 0 aromatic heterocycles. The second-order valence-corrected chi connectivity index (χ2v) is 12.0. The van der Waals surface area contributed by atoms with Crippen molar-refractivity contribution in [2.24, 2.45) is 0 Å². The Labute approximate surface area is 244 Å². The summed E-state index contributed by atoms with van der Waals surface area (Å²) < 4.78 is 34.2. The molecule has 3 rings (SSSR count). The van der Waals surface area contributed by atoms with Crippen LogP contribution in [-0.2, 0) is 26.2 Å². The van der Waals surface area contributed by atoms with Gasteiger partial charge in [-0.2, -0.15) is 0 Å². The van der Waals surface area contributed by atoms with Gasteiger partial charge in [-0.1, -0.05) is 70.2 Å². The van der Waals surface area contributed by atoms with E-state index >= 15 is 0 Å². The summed E-state index contributed by atoms with van der Waals surface area (Å²) in [5, 5.41) is 2.90. The van der Waals surface area contributed by atoms with Gasteiger partial charge >= 0.3 is 0 Å². The third-order valence-corrected chi connectivity index (χ3v) is 8.69. The summed E-state index contributed by atoms with van der Waals surface area (Å²) in [4.78, 5) is 28.8. The number of anilines is 1. The maximum atomic E-state index is 14.1. The number of ether oxygens (including phenoxy) is 1. The number of benzene rings is 3. The molecule has 3 aromatic rings. The predicted octanol–water partition coefficient (Wildman–Crippen LogP) is 5.35. The Balaban J connectivity index is 2.04. The van der Waals surface area contributed by atoms with Crippen LogP contribution in [0.4, 0.5) is 5.69 Å². The topological polar surface area (TPSA) is 96.0 Å². The van der Waals surface area contributed by atoms with Crippen molar-refractivity contribution < 1.29 is 22.7 Å². The Hall–Kier alpha value is -3.85. The second-order valence-electron chi connectivity index (χ2n) is 10.2. The van der Waals surface area contributed by atoms with Gasteiger partial charge in [0.25, 0.3) is 10.0 Å². The van der Waals surface area contributed by atoms with Crippen LogP contribution in [0.5, 0.6) is 5.75 Å². The van der Waals surface area contributed by atoms with Gasteiger partial charge in [0.15, 0.2) is 0 Å². The van der Waals surface area contributed by atoms with Crippen molar-refractivity contribution in [2.75, 3.05) is 24.5 Å². The lowest BCUT2D eigenvalue weighted by atomic mass is 10.0. The van der Waals surface area contributed by atoms with Crippen LogP contribution in [0.3, 0.4) is 0 Å². The summed E-state index contributed by atoms with van der Waals surface area (Å²) in [7, 11) is -2.52. The second kappa shape index (κ2) is 14.7. The van der Waals surface area contributed by atoms with Crippen LogP contribution in [0.25, 0.3) is 0 Å². The SMILES string of the molecule is CCCNC(=O)C(CC)N(Cc1ccc(OC)cc1)C(=O)CN(c1ccc(C(C)C)cc1)S(=O)(=O)c1ccccc1. The normalized spacial score (nSPS) is 12.0. The molecule has 0 fully saturated rings. The number of amides is 2. The van der Waals surface area contributed by atoms with E-state index in [4.69, 9.17) is 4.74 Å². The molecule has 1 unspecified atom stereocenters. The minimum atomic E-state index is -4.10. The van der Waals surface area contributed by atoms with Crippen molar-refractivity contribution in [1.82, 2.24) is 10.2 Å². The van der Waals surface area contributed by atoms with Gasteiger partial charge in [-0.25, -0.2) is 8.42 Å². The molecule has 220 valence electrons. The average molecular weight is 580 g/mol. The number of nitrogens with one attached hydrogen (secondary N) is 1. The first-order valence-electron chi connectivity index (χ1n) is 14.0. The van der Waals surface area contributed by atoms with E-state index in [1.54, 1.807) is 49.6 Å². The molecule has 0 aliphatic rings. The number of hydrogen-bond acceptors (Lipinski definition) is 5. The van der Waals surface area contributed by atoms with Gasteiger partial charge in [0.05, 0.1) is 17.7 Å². The first-order chi connectivity index (χ1) is 19.6. The lowest BCUT2D eigenvalue weighted by molar-refractivity contribution is -0.140. The van der Waals surface area contributed by atoms with Gasteiger partial charge in [-0.15, -0.1) is 0 Å². The zero-order valence-electron chi connectivity index (χ0n) is 24.5. The molecule has 0 saturated carbocycles. The van der Waals surface area contributed by atoms with Crippen molar-refractivity contribution in [3.63, 3.8) is 0 Å². The Morgan fingerprint density at radius 3 is 2.07 bits per heavy atom. The van der Waals surface area contributed by atoms with Crippen LogP contribution < -0.4 is 14.4 Å². The standard InChI is InChI=1S/C32H41N3O5S/c1-6-21-33-32(37)30(7-2)34(22-25-13-19-28(40-5)20-14-25)31(36)23-35(27-17-15-26(16-18-27)24(3)4)41(38,39)29-11-9-8-10-12-29/h8-20,24,30H,6-7,21-23H2,1-5H3,(H,33,37). The zero-order valence-corrected chi connectivity index (χ0v) is 25.4. The van der Waals surface area contributed by atoms with Crippen LogP contribution in [0.1, 0.15) is 57.6 Å².